The van der Waals surface area contributed by atoms with Crippen LogP contribution in [0.1, 0.15) is 24.1 Å². The number of anilines is 1. The molecule has 1 aliphatic rings. The van der Waals surface area contributed by atoms with Crippen LogP contribution in [0.3, 0.4) is 0 Å². The van der Waals surface area contributed by atoms with E-state index in [1.54, 1.807) is 11.3 Å². The van der Waals surface area contributed by atoms with Gasteiger partial charge in [-0.25, -0.2) is 4.98 Å². The first-order valence-electron chi connectivity index (χ1n) is 5.00. The van der Waals surface area contributed by atoms with Crippen molar-refractivity contribution in [3.8, 4) is 0 Å². The van der Waals surface area contributed by atoms with Crippen LogP contribution in [0.5, 0.6) is 0 Å². The third kappa shape index (κ3) is 1.05. The molecule has 0 unspecified atom stereocenters. The van der Waals surface area contributed by atoms with Crippen molar-refractivity contribution in [2.45, 2.75) is 25.7 Å². The predicted octanol–water partition coefficient (Wildman–Crippen LogP) is 2.76. The molecule has 0 saturated heterocycles. The van der Waals surface area contributed by atoms with E-state index in [4.69, 9.17) is 5.73 Å². The molecule has 0 radical (unpaired) electrons. The Labute approximate surface area is 86.8 Å². The molecule has 2 nitrogen and oxygen atoms in total. The van der Waals surface area contributed by atoms with Crippen molar-refractivity contribution in [2.75, 3.05) is 5.73 Å². The number of nitrogen functional groups attached to an aromatic ring is 1. The summed E-state index contributed by atoms with van der Waals surface area (Å²) in [4.78, 5) is 5.78. The maximum atomic E-state index is 6.15. The van der Waals surface area contributed by atoms with Crippen molar-refractivity contribution in [1.29, 1.82) is 0 Å². The second-order valence-corrected chi connectivity index (χ2v) is 4.69. The van der Waals surface area contributed by atoms with Crippen LogP contribution in [0.15, 0.2) is 11.4 Å². The van der Waals surface area contributed by atoms with Gasteiger partial charge < -0.3 is 5.73 Å². The number of thiophene rings is 1. The van der Waals surface area contributed by atoms with E-state index in [2.05, 4.69) is 16.4 Å². The van der Waals surface area contributed by atoms with Gasteiger partial charge in [0.1, 0.15) is 4.83 Å². The Morgan fingerprint density at radius 1 is 1.29 bits per heavy atom. The van der Waals surface area contributed by atoms with Gasteiger partial charge in [-0.3, -0.25) is 0 Å². The highest BCUT2D eigenvalue weighted by atomic mass is 32.1. The summed E-state index contributed by atoms with van der Waals surface area (Å²) in [6, 6.07) is 2.08. The van der Waals surface area contributed by atoms with Crippen LogP contribution in [0.25, 0.3) is 10.2 Å². The zero-order valence-corrected chi connectivity index (χ0v) is 8.73. The van der Waals surface area contributed by atoms with Crippen LogP contribution in [0.4, 0.5) is 5.69 Å². The van der Waals surface area contributed by atoms with Crippen molar-refractivity contribution >= 4 is 27.2 Å². The Morgan fingerprint density at radius 3 is 3.07 bits per heavy atom. The van der Waals surface area contributed by atoms with Gasteiger partial charge in [0.25, 0.3) is 0 Å². The van der Waals surface area contributed by atoms with Crippen molar-refractivity contribution in [2.24, 2.45) is 0 Å². The Hall–Kier alpha value is -1.09. The van der Waals surface area contributed by atoms with Gasteiger partial charge in [-0.2, -0.15) is 0 Å². The zero-order chi connectivity index (χ0) is 9.54. The highest BCUT2D eigenvalue weighted by Gasteiger charge is 2.16. The number of rotatable bonds is 0. The monoisotopic (exact) mass is 204 g/mol. The van der Waals surface area contributed by atoms with Crippen LogP contribution >= 0.6 is 11.3 Å². The normalized spacial score (nSPS) is 15.7. The molecule has 2 heterocycles. The number of pyridine rings is 1. The van der Waals surface area contributed by atoms with E-state index in [1.165, 1.54) is 24.1 Å². The molecule has 1 aliphatic carbocycles. The third-order valence-corrected chi connectivity index (χ3v) is 3.74. The molecule has 2 aromatic heterocycles. The Bertz CT molecular complexity index is 487. The Kier molecular flexibility index (Phi) is 1.74. The molecule has 3 rings (SSSR count). The molecule has 0 saturated carbocycles. The first kappa shape index (κ1) is 8.24. The first-order chi connectivity index (χ1) is 6.86. The minimum Gasteiger partial charge on any atom is -0.398 e. The summed E-state index contributed by atoms with van der Waals surface area (Å²) < 4.78 is 0. The molecule has 0 spiro atoms. The number of nitrogens with zero attached hydrogens (tertiary/aromatic N) is 1. The maximum absolute atomic E-state index is 6.15. The van der Waals surface area contributed by atoms with Crippen LogP contribution in [-0.4, -0.2) is 4.98 Å². The summed E-state index contributed by atoms with van der Waals surface area (Å²) in [6.07, 6.45) is 4.73. The quantitative estimate of drug-likeness (QED) is 0.716. The van der Waals surface area contributed by atoms with Crippen LogP contribution in [-0.2, 0) is 12.8 Å². The van der Waals surface area contributed by atoms with E-state index in [0.717, 1.165) is 28.7 Å². The molecule has 3 heteroatoms. The SMILES string of the molecule is Nc1c2c(nc3sccc13)CCCC2. The molecular weight excluding hydrogens is 192 g/mol. The molecule has 0 aliphatic heterocycles. The van der Waals surface area contributed by atoms with Gasteiger partial charge in [0.15, 0.2) is 0 Å². The summed E-state index contributed by atoms with van der Waals surface area (Å²) in [7, 11) is 0. The van der Waals surface area contributed by atoms with E-state index in [9.17, 15) is 0 Å². The highest BCUT2D eigenvalue weighted by molar-refractivity contribution is 7.16. The summed E-state index contributed by atoms with van der Waals surface area (Å²) in [5.41, 5.74) is 9.68. The van der Waals surface area contributed by atoms with Gasteiger partial charge in [-0.15, -0.1) is 11.3 Å². The van der Waals surface area contributed by atoms with E-state index in [1.807, 2.05) is 0 Å². The van der Waals surface area contributed by atoms with Crippen LogP contribution in [0.2, 0.25) is 0 Å². The van der Waals surface area contributed by atoms with Crippen molar-refractivity contribution in [3.63, 3.8) is 0 Å². The summed E-state index contributed by atoms with van der Waals surface area (Å²) in [6.45, 7) is 0. The molecule has 0 atom stereocenters. The second-order valence-electron chi connectivity index (χ2n) is 3.80. The number of hydrogen-bond donors (Lipinski definition) is 1. The summed E-state index contributed by atoms with van der Waals surface area (Å²) >= 11 is 1.68. The molecule has 2 N–H and O–H groups in total. The Balaban J connectivity index is 2.36. The minimum absolute atomic E-state index is 0.978. The average molecular weight is 204 g/mol. The van der Waals surface area contributed by atoms with Gasteiger partial charge in [0.2, 0.25) is 0 Å². The third-order valence-electron chi connectivity index (χ3n) is 2.94. The van der Waals surface area contributed by atoms with Gasteiger partial charge in [-0.05, 0) is 42.7 Å². The fraction of sp³-hybridized carbons (Fsp3) is 0.364. The number of aromatic nitrogens is 1. The fourth-order valence-electron chi connectivity index (χ4n) is 2.18. The van der Waals surface area contributed by atoms with Crippen molar-refractivity contribution in [1.82, 2.24) is 4.98 Å². The molecule has 0 fully saturated rings. The molecule has 0 aromatic carbocycles. The van der Waals surface area contributed by atoms with Crippen molar-refractivity contribution < 1.29 is 0 Å². The lowest BCUT2D eigenvalue weighted by Crippen LogP contribution is -2.08. The van der Waals surface area contributed by atoms with E-state index in [-0.39, 0.29) is 0 Å². The molecule has 0 amide bonds. The zero-order valence-electron chi connectivity index (χ0n) is 7.92. The topological polar surface area (TPSA) is 38.9 Å². The largest absolute Gasteiger partial charge is 0.398 e. The maximum Gasteiger partial charge on any atom is 0.125 e. The fourth-order valence-corrected chi connectivity index (χ4v) is 2.98. The van der Waals surface area contributed by atoms with Gasteiger partial charge in [0, 0.05) is 16.8 Å². The highest BCUT2D eigenvalue weighted by Crippen LogP contribution is 2.33. The first-order valence-corrected chi connectivity index (χ1v) is 5.88. The van der Waals surface area contributed by atoms with E-state index >= 15 is 0 Å². The summed E-state index contributed by atoms with van der Waals surface area (Å²) in [5.74, 6) is 0. The average Bonchev–Trinajstić information content (AvgIpc) is 2.66. The lowest BCUT2D eigenvalue weighted by atomic mass is 9.94. The minimum atomic E-state index is 0.978. The number of hydrogen-bond acceptors (Lipinski definition) is 3. The van der Waals surface area contributed by atoms with Gasteiger partial charge in [-0.1, -0.05) is 0 Å². The lowest BCUT2D eigenvalue weighted by molar-refractivity contribution is 0.673. The molecule has 2 aromatic rings. The standard InChI is InChI=1S/C11H12N2S/c12-10-7-3-1-2-4-9(7)13-11-8(10)5-6-14-11/h5-6H,1-4H2,(H2,12,13). The molecular formula is C11H12N2S. The molecule has 72 valence electrons. The predicted molar refractivity (Wildman–Crippen MR) is 60.7 cm³/mol. The number of fused-ring (bicyclic) bond motifs is 2. The number of aryl methyl sites for hydroxylation is 1. The molecule has 14 heavy (non-hydrogen) atoms. The van der Waals surface area contributed by atoms with Crippen LogP contribution < -0.4 is 5.73 Å². The number of nitrogens with two attached hydrogens (primary N) is 1. The van der Waals surface area contributed by atoms with Gasteiger partial charge >= 0.3 is 0 Å². The van der Waals surface area contributed by atoms with E-state index < -0.39 is 0 Å². The lowest BCUT2D eigenvalue weighted by Gasteiger charge is -2.16. The van der Waals surface area contributed by atoms with Crippen LogP contribution in [0, 0.1) is 0 Å². The van der Waals surface area contributed by atoms with Gasteiger partial charge in [0.05, 0.1) is 0 Å². The summed E-state index contributed by atoms with van der Waals surface area (Å²) in [5, 5.41) is 3.22. The van der Waals surface area contributed by atoms with Crippen molar-refractivity contribution in [3.05, 3.63) is 22.7 Å². The van der Waals surface area contributed by atoms with E-state index in [0.29, 0.717) is 0 Å². The Morgan fingerprint density at radius 2 is 2.14 bits per heavy atom. The second kappa shape index (κ2) is 2.95. The smallest absolute Gasteiger partial charge is 0.125 e. The molecule has 0 bridgehead atoms.